The molecule has 0 aliphatic carbocycles. The molecule has 4 aromatic rings. The topological polar surface area (TPSA) is 115 Å². The van der Waals surface area contributed by atoms with Crippen LogP contribution >= 0.6 is 15.9 Å². The highest BCUT2D eigenvalue weighted by atomic mass is 79.9. The number of phenolic OH excluding ortho intramolecular Hbond substituents is 2. The summed E-state index contributed by atoms with van der Waals surface area (Å²) in [6.45, 7) is 15.9. The van der Waals surface area contributed by atoms with E-state index in [1.165, 1.54) is 5.69 Å². The summed E-state index contributed by atoms with van der Waals surface area (Å²) in [6.07, 6.45) is 0. The molecule has 2 aliphatic rings. The predicted molar refractivity (Wildman–Crippen MR) is 221 cm³/mol. The molecule has 0 aromatic heterocycles. The van der Waals surface area contributed by atoms with Crippen molar-refractivity contribution >= 4 is 44.9 Å². The Morgan fingerprint density at radius 1 is 0.604 bits per heavy atom. The quantitative estimate of drug-likeness (QED) is 0.158. The molecule has 0 bridgehead atoms. The number of aromatic hydroxyl groups is 2. The van der Waals surface area contributed by atoms with Crippen LogP contribution in [0.4, 0.5) is 17.1 Å². The van der Waals surface area contributed by atoms with Crippen molar-refractivity contribution in [3.8, 4) is 11.5 Å². The summed E-state index contributed by atoms with van der Waals surface area (Å²) in [5.41, 5.74) is 6.43. The Labute approximate surface area is 324 Å². The van der Waals surface area contributed by atoms with Crippen LogP contribution in [0.5, 0.6) is 11.5 Å². The van der Waals surface area contributed by atoms with Crippen LogP contribution in [-0.2, 0) is 9.47 Å². The molecule has 10 nitrogen and oxygen atoms in total. The SMILES string of the molecule is C.C.CCOC(=O)c1ccc(N2CCN(c3ccc(O)c(C)c3)CC2)cc1.CCOC(=O)c1ccc(N2CCNCC2)cc1.Cc1cc(Br)ccc1O. The van der Waals surface area contributed by atoms with Gasteiger partial charge in [0.1, 0.15) is 11.5 Å². The molecule has 2 heterocycles. The lowest BCUT2D eigenvalue weighted by atomic mass is 10.1. The van der Waals surface area contributed by atoms with Crippen LogP contribution in [0, 0.1) is 13.8 Å². The van der Waals surface area contributed by atoms with E-state index in [9.17, 15) is 14.7 Å². The summed E-state index contributed by atoms with van der Waals surface area (Å²) in [6, 6.07) is 26.3. The minimum Gasteiger partial charge on any atom is -0.508 e. The number of nitrogens with zero attached hydrogens (tertiary/aromatic N) is 3. The summed E-state index contributed by atoms with van der Waals surface area (Å²) in [5, 5.41) is 22.0. The molecular formula is C42H57BrN4O6. The number of esters is 2. The Morgan fingerprint density at radius 2 is 0.981 bits per heavy atom. The molecule has 0 spiro atoms. The maximum Gasteiger partial charge on any atom is 0.338 e. The van der Waals surface area contributed by atoms with Gasteiger partial charge >= 0.3 is 11.9 Å². The molecule has 0 amide bonds. The molecule has 4 aromatic carbocycles. The maximum atomic E-state index is 11.7. The molecule has 2 fully saturated rings. The van der Waals surface area contributed by atoms with E-state index in [4.69, 9.17) is 14.6 Å². The Bertz CT molecular complexity index is 1700. The second-order valence-corrected chi connectivity index (χ2v) is 13.1. The zero-order chi connectivity index (χ0) is 36.8. The molecule has 11 heteroatoms. The number of anilines is 3. The van der Waals surface area contributed by atoms with Crippen LogP contribution in [0.2, 0.25) is 0 Å². The van der Waals surface area contributed by atoms with Crippen molar-refractivity contribution in [2.24, 2.45) is 0 Å². The summed E-state index contributed by atoms with van der Waals surface area (Å²) in [5.74, 6) is 0.156. The van der Waals surface area contributed by atoms with Gasteiger partial charge in [0, 0.05) is 73.9 Å². The van der Waals surface area contributed by atoms with E-state index >= 15 is 0 Å². The van der Waals surface area contributed by atoms with Crippen molar-refractivity contribution in [3.05, 3.63) is 112 Å². The number of carbonyl (C=O) groups excluding carboxylic acids is 2. The van der Waals surface area contributed by atoms with Gasteiger partial charge in [-0.3, -0.25) is 0 Å². The first-order chi connectivity index (χ1) is 24.6. The lowest BCUT2D eigenvalue weighted by Crippen LogP contribution is -2.46. The average Bonchev–Trinajstić information content (AvgIpc) is 3.16. The standard InChI is InChI=1S/C20H24N2O3.C13H18N2O2.C7H7BrO.2CH4/c1-3-25-20(24)16-4-6-17(7-5-16)21-10-12-22(13-11-21)18-8-9-19(23)15(2)14-18;1-2-17-13(16)11-3-5-12(6-4-11)15-9-7-14-8-10-15;1-5-4-6(8)2-3-7(5)9;;/h4-9,14,23H,3,10-13H2,1-2H3;3-6,14H,2,7-10H2,1H3;2-4,9H,1H3;2*1H4. The fraction of sp³-hybridized carbons (Fsp3) is 0.381. The number of hydrogen-bond donors (Lipinski definition) is 3. The number of phenols is 2. The van der Waals surface area contributed by atoms with Crippen LogP contribution in [0.25, 0.3) is 0 Å². The number of aryl methyl sites for hydroxylation is 2. The molecule has 6 rings (SSSR count). The van der Waals surface area contributed by atoms with Gasteiger partial charge in [0.05, 0.1) is 24.3 Å². The number of hydrogen-bond acceptors (Lipinski definition) is 10. The van der Waals surface area contributed by atoms with E-state index in [0.717, 1.165) is 79.3 Å². The monoisotopic (exact) mass is 792 g/mol. The number of ether oxygens (including phenoxy) is 2. The molecule has 2 saturated heterocycles. The number of piperazine rings is 2. The van der Waals surface area contributed by atoms with Crippen molar-refractivity contribution in [3.63, 3.8) is 0 Å². The third-order valence-electron chi connectivity index (χ3n) is 8.59. The van der Waals surface area contributed by atoms with Crippen molar-refractivity contribution < 1.29 is 29.3 Å². The zero-order valence-corrected chi connectivity index (χ0v) is 31.5. The van der Waals surface area contributed by atoms with E-state index < -0.39 is 0 Å². The number of halogens is 1. The van der Waals surface area contributed by atoms with Gasteiger partial charge in [0.15, 0.2) is 0 Å². The third-order valence-corrected chi connectivity index (χ3v) is 9.08. The van der Waals surface area contributed by atoms with Gasteiger partial charge in [-0.05, 0) is 124 Å². The fourth-order valence-electron chi connectivity index (χ4n) is 5.65. The normalized spacial score (nSPS) is 13.5. The van der Waals surface area contributed by atoms with Crippen LogP contribution in [0.15, 0.2) is 89.4 Å². The number of carbonyl (C=O) groups is 2. The summed E-state index contributed by atoms with van der Waals surface area (Å²) >= 11 is 3.29. The zero-order valence-electron chi connectivity index (χ0n) is 29.9. The molecule has 53 heavy (non-hydrogen) atoms. The van der Waals surface area contributed by atoms with Gasteiger partial charge in [-0.1, -0.05) is 30.8 Å². The lowest BCUT2D eigenvalue weighted by molar-refractivity contribution is 0.0517. The number of nitrogens with one attached hydrogen (secondary N) is 1. The Morgan fingerprint density at radius 3 is 1.38 bits per heavy atom. The van der Waals surface area contributed by atoms with Crippen LogP contribution in [0.1, 0.15) is 60.5 Å². The summed E-state index contributed by atoms with van der Waals surface area (Å²) in [4.78, 5) is 30.2. The molecule has 0 atom stereocenters. The maximum absolute atomic E-state index is 11.7. The van der Waals surface area contributed by atoms with E-state index in [-0.39, 0.29) is 26.8 Å². The van der Waals surface area contributed by atoms with Crippen molar-refractivity contribution in [2.75, 3.05) is 80.3 Å². The van der Waals surface area contributed by atoms with Gasteiger partial charge in [0.2, 0.25) is 0 Å². The first kappa shape index (κ1) is 44.4. The van der Waals surface area contributed by atoms with Crippen LogP contribution in [0.3, 0.4) is 0 Å². The van der Waals surface area contributed by atoms with E-state index in [1.54, 1.807) is 19.1 Å². The first-order valence-electron chi connectivity index (χ1n) is 17.3. The molecule has 2 aliphatic heterocycles. The highest BCUT2D eigenvalue weighted by Crippen LogP contribution is 2.26. The highest BCUT2D eigenvalue weighted by Gasteiger charge is 2.19. The Hall–Kier alpha value is -4.74. The summed E-state index contributed by atoms with van der Waals surface area (Å²) < 4.78 is 11.0. The average molecular weight is 794 g/mol. The largest absolute Gasteiger partial charge is 0.508 e. The molecule has 0 radical (unpaired) electrons. The van der Waals surface area contributed by atoms with Crippen molar-refractivity contribution in [1.82, 2.24) is 5.32 Å². The van der Waals surface area contributed by atoms with Gasteiger partial charge < -0.3 is 39.7 Å². The molecule has 3 N–H and O–H groups in total. The van der Waals surface area contributed by atoms with E-state index in [0.29, 0.717) is 35.8 Å². The lowest BCUT2D eigenvalue weighted by Gasteiger charge is -2.37. The molecule has 0 unspecified atom stereocenters. The second-order valence-electron chi connectivity index (χ2n) is 12.1. The minimum absolute atomic E-state index is 0. The van der Waals surface area contributed by atoms with Gasteiger partial charge in [0.25, 0.3) is 0 Å². The molecule has 0 saturated carbocycles. The second kappa shape index (κ2) is 22.4. The number of benzene rings is 4. The van der Waals surface area contributed by atoms with Crippen LogP contribution in [-0.4, -0.2) is 87.7 Å². The van der Waals surface area contributed by atoms with E-state index in [1.807, 2.05) is 93.6 Å². The van der Waals surface area contributed by atoms with E-state index in [2.05, 4.69) is 35.9 Å². The number of rotatable bonds is 7. The van der Waals surface area contributed by atoms with Crippen molar-refractivity contribution in [2.45, 2.75) is 42.5 Å². The Balaban J connectivity index is 0.000000300. The Kier molecular flexibility index (Phi) is 18.7. The minimum atomic E-state index is -0.276. The highest BCUT2D eigenvalue weighted by molar-refractivity contribution is 9.10. The smallest absolute Gasteiger partial charge is 0.338 e. The van der Waals surface area contributed by atoms with Crippen LogP contribution < -0.4 is 20.0 Å². The summed E-state index contributed by atoms with van der Waals surface area (Å²) in [7, 11) is 0. The molecular weight excluding hydrogens is 736 g/mol. The first-order valence-corrected chi connectivity index (χ1v) is 18.1. The van der Waals surface area contributed by atoms with Gasteiger partial charge in [-0.25, -0.2) is 9.59 Å². The van der Waals surface area contributed by atoms with Crippen molar-refractivity contribution in [1.29, 1.82) is 0 Å². The predicted octanol–water partition coefficient (Wildman–Crippen LogP) is 8.21. The third kappa shape index (κ3) is 13.3. The van der Waals surface area contributed by atoms with Gasteiger partial charge in [-0.2, -0.15) is 0 Å². The van der Waals surface area contributed by atoms with Gasteiger partial charge in [-0.15, -0.1) is 0 Å². The molecule has 288 valence electrons. The fourth-order valence-corrected chi connectivity index (χ4v) is 6.12.